The highest BCUT2D eigenvalue weighted by Crippen LogP contribution is 2.27. The summed E-state index contributed by atoms with van der Waals surface area (Å²) in [4.78, 5) is 45.4. The molecule has 11 nitrogen and oxygen atoms in total. The first-order valence-electron chi connectivity index (χ1n) is 7.95. The van der Waals surface area contributed by atoms with Crippen LogP contribution in [0.4, 0.5) is 26.7 Å². The fraction of sp³-hybridized carbons (Fsp3) is 0.0625. The summed E-state index contributed by atoms with van der Waals surface area (Å²) in [5.41, 5.74) is 4.12. The Balaban J connectivity index is 1.75. The molecule has 0 aliphatic heterocycles. The Bertz CT molecular complexity index is 1000. The summed E-state index contributed by atoms with van der Waals surface area (Å²) in [6, 6.07) is 6.50. The first kappa shape index (κ1) is 23.0. The molecule has 0 aromatic heterocycles. The van der Waals surface area contributed by atoms with E-state index < -0.39 is 35.1 Å². The Morgan fingerprint density at radius 2 is 1.43 bits per heavy atom. The van der Waals surface area contributed by atoms with E-state index in [1.807, 2.05) is 10.9 Å². The molecule has 2 aromatic carbocycles. The maximum atomic E-state index is 11.8. The van der Waals surface area contributed by atoms with E-state index in [1.54, 1.807) is 0 Å². The summed E-state index contributed by atoms with van der Waals surface area (Å²) in [5, 5.41) is 18.3. The summed E-state index contributed by atoms with van der Waals surface area (Å²) in [6.07, 6.45) is 0. The van der Waals surface area contributed by atoms with Crippen molar-refractivity contribution in [2.24, 2.45) is 0 Å². The quantitative estimate of drug-likeness (QED) is 0.330. The molecule has 30 heavy (non-hydrogen) atoms. The van der Waals surface area contributed by atoms with Gasteiger partial charge in [-0.1, -0.05) is 34.8 Å². The standard InChI is InChI=1S/C16H13Cl3N6O5/c17-10-3-1-8(5-12(10)19)21-15(27)20-7-14(26)23-24-16(28)22-9-2-4-11(18)13(6-9)25(29)30/h1-6H,7H2,(H,23,26)(H2,20,21,27)(H2,22,24,28). The molecule has 0 saturated carbocycles. The number of benzene rings is 2. The van der Waals surface area contributed by atoms with Gasteiger partial charge < -0.3 is 16.0 Å². The molecule has 5 amide bonds. The SMILES string of the molecule is O=C(CNC(=O)Nc1ccc(Cl)c(Cl)c1)NNC(=O)Nc1ccc(Cl)c([N+](=O)[O-])c1. The number of rotatable bonds is 5. The van der Waals surface area contributed by atoms with Crippen molar-refractivity contribution >= 4 is 69.8 Å². The molecule has 158 valence electrons. The molecular formula is C16H13Cl3N6O5. The van der Waals surface area contributed by atoms with E-state index in [4.69, 9.17) is 34.8 Å². The molecule has 0 aliphatic carbocycles. The third-order valence-corrected chi connectivity index (χ3v) is 4.36. The number of nitro benzene ring substituents is 1. The van der Waals surface area contributed by atoms with Crippen molar-refractivity contribution in [2.75, 3.05) is 17.2 Å². The lowest BCUT2D eigenvalue weighted by Gasteiger charge is -2.10. The van der Waals surface area contributed by atoms with Crippen LogP contribution in [0, 0.1) is 10.1 Å². The van der Waals surface area contributed by atoms with Crippen LogP contribution in [-0.2, 0) is 4.79 Å². The molecular weight excluding hydrogens is 463 g/mol. The van der Waals surface area contributed by atoms with Crippen molar-refractivity contribution in [1.82, 2.24) is 16.2 Å². The lowest BCUT2D eigenvalue weighted by atomic mass is 10.3. The van der Waals surface area contributed by atoms with Crippen LogP contribution in [0.2, 0.25) is 15.1 Å². The predicted molar refractivity (Wildman–Crippen MR) is 112 cm³/mol. The fourth-order valence-electron chi connectivity index (χ4n) is 1.97. The van der Waals surface area contributed by atoms with E-state index in [2.05, 4.69) is 16.0 Å². The van der Waals surface area contributed by atoms with Gasteiger partial charge in [0.2, 0.25) is 0 Å². The minimum absolute atomic E-state index is 0.0805. The molecule has 0 unspecified atom stereocenters. The van der Waals surface area contributed by atoms with Crippen molar-refractivity contribution in [3.05, 3.63) is 61.6 Å². The number of hydrogen-bond donors (Lipinski definition) is 5. The highest BCUT2D eigenvalue weighted by atomic mass is 35.5. The van der Waals surface area contributed by atoms with Gasteiger partial charge in [-0.2, -0.15) is 0 Å². The Hall–Kier alpha value is -3.28. The van der Waals surface area contributed by atoms with E-state index in [0.717, 1.165) is 6.07 Å². The minimum Gasteiger partial charge on any atom is -0.329 e. The molecule has 0 aliphatic rings. The molecule has 5 N–H and O–H groups in total. The monoisotopic (exact) mass is 474 g/mol. The lowest BCUT2D eigenvalue weighted by Crippen LogP contribution is -2.48. The highest BCUT2D eigenvalue weighted by Gasteiger charge is 2.14. The van der Waals surface area contributed by atoms with Gasteiger partial charge in [0.25, 0.3) is 11.6 Å². The number of nitro groups is 1. The summed E-state index contributed by atoms with van der Waals surface area (Å²) < 4.78 is 0. The molecule has 14 heteroatoms. The first-order chi connectivity index (χ1) is 14.2. The molecule has 0 heterocycles. The van der Waals surface area contributed by atoms with Crippen LogP contribution >= 0.6 is 34.8 Å². The topological polar surface area (TPSA) is 155 Å². The van der Waals surface area contributed by atoms with Crippen molar-refractivity contribution in [3.63, 3.8) is 0 Å². The Morgan fingerprint density at radius 1 is 0.833 bits per heavy atom. The maximum Gasteiger partial charge on any atom is 0.337 e. The number of urea groups is 2. The van der Waals surface area contributed by atoms with Crippen LogP contribution in [-0.4, -0.2) is 29.4 Å². The lowest BCUT2D eigenvalue weighted by molar-refractivity contribution is -0.384. The van der Waals surface area contributed by atoms with Gasteiger partial charge in [-0.05, 0) is 30.3 Å². The molecule has 0 radical (unpaired) electrons. The van der Waals surface area contributed by atoms with Crippen molar-refractivity contribution in [2.45, 2.75) is 0 Å². The number of carbonyl (C=O) groups is 3. The van der Waals surface area contributed by atoms with E-state index >= 15 is 0 Å². The number of hydrogen-bond acceptors (Lipinski definition) is 5. The van der Waals surface area contributed by atoms with Gasteiger partial charge in [-0.25, -0.2) is 15.0 Å². The second-order valence-electron chi connectivity index (χ2n) is 5.49. The van der Waals surface area contributed by atoms with Crippen LogP contribution in [0.15, 0.2) is 36.4 Å². The summed E-state index contributed by atoms with van der Waals surface area (Å²) in [6.45, 7) is -0.458. The third-order valence-electron chi connectivity index (χ3n) is 3.30. The van der Waals surface area contributed by atoms with Gasteiger partial charge in [0.1, 0.15) is 11.6 Å². The number of hydrazine groups is 1. The zero-order valence-corrected chi connectivity index (χ0v) is 17.1. The van der Waals surface area contributed by atoms with Gasteiger partial charge in [0.15, 0.2) is 0 Å². The summed E-state index contributed by atoms with van der Waals surface area (Å²) >= 11 is 17.3. The van der Waals surface area contributed by atoms with Crippen LogP contribution in [0.1, 0.15) is 0 Å². The Kier molecular flexibility index (Phi) is 8.04. The Morgan fingerprint density at radius 3 is 2.07 bits per heavy atom. The van der Waals surface area contributed by atoms with Crippen LogP contribution < -0.4 is 26.8 Å². The van der Waals surface area contributed by atoms with E-state index in [1.165, 1.54) is 30.3 Å². The summed E-state index contributed by atoms with van der Waals surface area (Å²) in [5.74, 6) is -0.739. The number of nitrogens with one attached hydrogen (secondary N) is 5. The maximum absolute atomic E-state index is 11.8. The average molecular weight is 476 g/mol. The minimum atomic E-state index is -0.875. The Labute approximate surface area is 184 Å². The number of nitrogens with zero attached hydrogens (tertiary/aromatic N) is 1. The van der Waals surface area contributed by atoms with E-state index in [9.17, 15) is 24.5 Å². The highest BCUT2D eigenvalue weighted by molar-refractivity contribution is 6.42. The zero-order chi connectivity index (χ0) is 22.3. The largest absolute Gasteiger partial charge is 0.337 e. The second-order valence-corrected chi connectivity index (χ2v) is 6.71. The molecule has 2 aromatic rings. The van der Waals surface area contributed by atoms with Gasteiger partial charge in [0, 0.05) is 17.4 Å². The number of halogens is 3. The molecule has 0 saturated heterocycles. The van der Waals surface area contributed by atoms with Crippen LogP contribution in [0.5, 0.6) is 0 Å². The van der Waals surface area contributed by atoms with Gasteiger partial charge >= 0.3 is 12.1 Å². The fourth-order valence-corrected chi connectivity index (χ4v) is 2.46. The van der Waals surface area contributed by atoms with Crippen LogP contribution in [0.3, 0.4) is 0 Å². The second kappa shape index (κ2) is 10.5. The van der Waals surface area contributed by atoms with Gasteiger partial charge in [-0.15, -0.1) is 0 Å². The smallest absolute Gasteiger partial charge is 0.329 e. The molecule has 0 fully saturated rings. The number of anilines is 2. The van der Waals surface area contributed by atoms with Crippen LogP contribution in [0.25, 0.3) is 0 Å². The van der Waals surface area contributed by atoms with Crippen molar-refractivity contribution in [3.8, 4) is 0 Å². The zero-order valence-electron chi connectivity index (χ0n) is 14.8. The summed E-state index contributed by atoms with van der Waals surface area (Å²) in [7, 11) is 0. The van der Waals surface area contributed by atoms with E-state index in [0.29, 0.717) is 10.7 Å². The molecule has 0 atom stereocenters. The molecule has 0 spiro atoms. The third kappa shape index (κ3) is 6.95. The van der Waals surface area contributed by atoms with Gasteiger partial charge in [-0.3, -0.25) is 20.3 Å². The number of carbonyl (C=O) groups excluding carboxylic acids is 3. The molecule has 2 rings (SSSR count). The van der Waals surface area contributed by atoms with Gasteiger partial charge in [0.05, 0.1) is 15.0 Å². The number of amides is 5. The van der Waals surface area contributed by atoms with Crippen molar-refractivity contribution < 1.29 is 19.3 Å². The first-order valence-corrected chi connectivity index (χ1v) is 9.09. The normalized spacial score (nSPS) is 9.97. The van der Waals surface area contributed by atoms with E-state index in [-0.39, 0.29) is 15.7 Å². The molecule has 0 bridgehead atoms. The van der Waals surface area contributed by atoms with Crippen molar-refractivity contribution in [1.29, 1.82) is 0 Å². The predicted octanol–water partition coefficient (Wildman–Crippen LogP) is 3.53. The average Bonchev–Trinajstić information content (AvgIpc) is 2.69.